The summed E-state index contributed by atoms with van der Waals surface area (Å²) < 4.78 is 34.1. The second-order valence-corrected chi connectivity index (χ2v) is 7.32. The van der Waals surface area contributed by atoms with Crippen LogP contribution in [0.4, 0.5) is 14.5 Å². The van der Waals surface area contributed by atoms with Crippen molar-refractivity contribution >= 4 is 23.2 Å². The van der Waals surface area contributed by atoms with Crippen LogP contribution in [0.5, 0.6) is 5.75 Å². The van der Waals surface area contributed by atoms with E-state index in [2.05, 4.69) is 5.32 Å². The molecule has 0 aromatic heterocycles. The zero-order valence-electron chi connectivity index (χ0n) is 15.5. The first-order valence-electron chi connectivity index (χ1n) is 9.13. The smallest absolute Gasteiger partial charge is 0.274 e. The molecule has 0 unspecified atom stereocenters. The molecule has 1 aliphatic carbocycles. The minimum atomic E-state index is -3.23. The Kier molecular flexibility index (Phi) is 6.20. The van der Waals surface area contributed by atoms with E-state index in [0.29, 0.717) is 11.6 Å². The summed E-state index contributed by atoms with van der Waals surface area (Å²) >= 11 is 5.93. The van der Waals surface area contributed by atoms with Gasteiger partial charge in [0.05, 0.1) is 7.11 Å². The lowest BCUT2D eigenvalue weighted by molar-refractivity contribution is -0.0187. The van der Waals surface area contributed by atoms with Crippen molar-refractivity contribution in [1.29, 1.82) is 0 Å². The zero-order chi connectivity index (χ0) is 20.3. The number of rotatable bonds is 8. The maximum absolute atomic E-state index is 14.4. The summed E-state index contributed by atoms with van der Waals surface area (Å²) in [6.07, 6.45) is 1.56. The van der Waals surface area contributed by atoms with Crippen LogP contribution in [-0.2, 0) is 5.92 Å². The maximum atomic E-state index is 14.4. The van der Waals surface area contributed by atoms with Crippen LogP contribution in [0.2, 0.25) is 5.02 Å². The fraction of sp³-hybridized carbons (Fsp3) is 0.381. The van der Waals surface area contributed by atoms with Crippen LogP contribution >= 0.6 is 11.6 Å². The van der Waals surface area contributed by atoms with Gasteiger partial charge in [-0.15, -0.1) is 0 Å². The van der Waals surface area contributed by atoms with Crippen LogP contribution in [0, 0.1) is 0 Å². The molecule has 0 atom stereocenters. The monoisotopic (exact) mass is 409 g/mol. The normalized spacial score (nSPS) is 14.0. The Morgan fingerprint density at radius 1 is 1.29 bits per heavy atom. The van der Waals surface area contributed by atoms with E-state index in [1.165, 1.54) is 12.1 Å². The number of carbonyl (C=O) groups excluding carboxylic acids is 1. The van der Waals surface area contributed by atoms with Gasteiger partial charge in [0.15, 0.2) is 0 Å². The maximum Gasteiger partial charge on any atom is 0.274 e. The molecule has 150 valence electrons. The molecule has 3 rings (SSSR count). The fourth-order valence-electron chi connectivity index (χ4n) is 3.11. The number of carbonyl (C=O) groups is 1. The van der Waals surface area contributed by atoms with Gasteiger partial charge in [-0.3, -0.25) is 4.79 Å². The van der Waals surface area contributed by atoms with Crippen LogP contribution in [0.25, 0.3) is 0 Å². The highest BCUT2D eigenvalue weighted by atomic mass is 35.5. The number of halogens is 3. The molecule has 0 radical (unpaired) electrons. The summed E-state index contributed by atoms with van der Waals surface area (Å²) in [7, 11) is 1.60. The van der Waals surface area contributed by atoms with Crippen LogP contribution in [0.3, 0.4) is 0 Å². The largest absolute Gasteiger partial charge is 0.496 e. The summed E-state index contributed by atoms with van der Waals surface area (Å²) in [5, 5.41) is 11.5. The van der Waals surface area contributed by atoms with Gasteiger partial charge in [-0.1, -0.05) is 11.6 Å². The Labute approximate surface area is 167 Å². The molecule has 2 N–H and O–H groups in total. The molecule has 0 spiro atoms. The molecule has 4 nitrogen and oxygen atoms in total. The lowest BCUT2D eigenvalue weighted by Gasteiger charge is -2.18. The molecule has 2 aromatic carbocycles. The van der Waals surface area contributed by atoms with Crippen molar-refractivity contribution in [3.63, 3.8) is 0 Å². The van der Waals surface area contributed by atoms with Gasteiger partial charge >= 0.3 is 0 Å². The van der Waals surface area contributed by atoms with E-state index in [9.17, 15) is 13.6 Å². The van der Waals surface area contributed by atoms with Gasteiger partial charge in [-0.05, 0) is 67.1 Å². The number of amides is 1. The molecule has 0 heterocycles. The minimum absolute atomic E-state index is 0.0600. The quantitative estimate of drug-likeness (QED) is 0.618. The van der Waals surface area contributed by atoms with Gasteiger partial charge in [-0.2, -0.15) is 0 Å². The summed E-state index contributed by atoms with van der Waals surface area (Å²) in [5.41, 5.74) is 1.29. The molecule has 0 aliphatic heterocycles. The number of hydrogen-bond donors (Lipinski definition) is 2. The molecule has 7 heteroatoms. The Morgan fingerprint density at radius 3 is 2.68 bits per heavy atom. The first kappa shape index (κ1) is 20.6. The van der Waals surface area contributed by atoms with Crippen molar-refractivity contribution in [3.8, 4) is 5.75 Å². The van der Waals surface area contributed by atoms with E-state index in [1.807, 2.05) is 6.07 Å². The van der Waals surface area contributed by atoms with Crippen molar-refractivity contribution in [2.24, 2.45) is 0 Å². The standard InChI is InChI=1S/C21H22ClF2NO3/c1-28-19-8-6-15(12-16(19)13-3-4-13)25-20(27)14-5-7-18(22)17(11-14)21(23,24)9-2-10-26/h5-8,11-13,26H,2-4,9-10H2,1H3,(H,25,27). The molecule has 2 aromatic rings. The van der Waals surface area contributed by atoms with Crippen molar-refractivity contribution in [3.05, 3.63) is 58.1 Å². The fourth-order valence-corrected chi connectivity index (χ4v) is 3.37. The van der Waals surface area contributed by atoms with Crippen LogP contribution in [0.1, 0.15) is 53.1 Å². The van der Waals surface area contributed by atoms with E-state index in [-0.39, 0.29) is 23.6 Å². The molecule has 1 amide bonds. The SMILES string of the molecule is COc1ccc(NC(=O)c2ccc(Cl)c(C(F)(F)CCCO)c2)cc1C1CC1. The summed E-state index contributed by atoms with van der Waals surface area (Å²) in [5.74, 6) is -2.52. The first-order valence-corrected chi connectivity index (χ1v) is 9.51. The van der Waals surface area contributed by atoms with E-state index in [4.69, 9.17) is 21.4 Å². The molecule has 1 aliphatic rings. The number of aliphatic hydroxyl groups is 1. The number of anilines is 1. The molecular formula is C21H22ClF2NO3. The Bertz CT molecular complexity index is 869. The number of hydrogen-bond acceptors (Lipinski definition) is 3. The number of nitrogens with one attached hydrogen (secondary N) is 1. The highest BCUT2D eigenvalue weighted by molar-refractivity contribution is 6.31. The van der Waals surface area contributed by atoms with Crippen molar-refractivity contribution in [2.45, 2.75) is 37.5 Å². The van der Waals surface area contributed by atoms with Gasteiger partial charge in [0.1, 0.15) is 5.75 Å². The van der Waals surface area contributed by atoms with Crippen LogP contribution in [-0.4, -0.2) is 24.7 Å². The van der Waals surface area contributed by atoms with Crippen molar-refractivity contribution in [1.82, 2.24) is 0 Å². The Morgan fingerprint density at radius 2 is 2.04 bits per heavy atom. The molecule has 0 saturated heterocycles. The number of methoxy groups -OCH3 is 1. The van der Waals surface area contributed by atoms with E-state index < -0.39 is 23.8 Å². The lowest BCUT2D eigenvalue weighted by atomic mass is 10.0. The van der Waals surface area contributed by atoms with Crippen LogP contribution < -0.4 is 10.1 Å². The third kappa shape index (κ3) is 4.62. The predicted octanol–water partition coefficient (Wildman–Crippen LogP) is 5.34. The first-order chi connectivity index (χ1) is 13.4. The predicted molar refractivity (Wildman–Crippen MR) is 105 cm³/mol. The molecule has 1 saturated carbocycles. The van der Waals surface area contributed by atoms with E-state index in [1.54, 1.807) is 19.2 Å². The van der Waals surface area contributed by atoms with Gasteiger partial charge in [0, 0.05) is 34.9 Å². The molecular weight excluding hydrogens is 388 g/mol. The summed E-state index contributed by atoms with van der Waals surface area (Å²) in [6, 6.07) is 9.19. The average molecular weight is 410 g/mol. The van der Waals surface area contributed by atoms with E-state index in [0.717, 1.165) is 30.2 Å². The third-order valence-electron chi connectivity index (χ3n) is 4.78. The van der Waals surface area contributed by atoms with Gasteiger partial charge < -0.3 is 15.2 Å². The zero-order valence-corrected chi connectivity index (χ0v) is 16.2. The molecule has 0 bridgehead atoms. The highest BCUT2D eigenvalue weighted by Gasteiger charge is 2.34. The highest BCUT2D eigenvalue weighted by Crippen LogP contribution is 2.45. The number of aliphatic hydroxyl groups excluding tert-OH is 1. The second-order valence-electron chi connectivity index (χ2n) is 6.91. The van der Waals surface area contributed by atoms with Gasteiger partial charge in [-0.25, -0.2) is 8.78 Å². The summed E-state index contributed by atoms with van der Waals surface area (Å²) in [4.78, 5) is 12.6. The van der Waals surface area contributed by atoms with Crippen molar-refractivity contribution < 1.29 is 23.4 Å². The Hall–Kier alpha value is -2.18. The third-order valence-corrected chi connectivity index (χ3v) is 5.11. The minimum Gasteiger partial charge on any atom is -0.496 e. The second kappa shape index (κ2) is 8.45. The topological polar surface area (TPSA) is 58.6 Å². The Balaban J connectivity index is 1.81. The van der Waals surface area contributed by atoms with Crippen LogP contribution in [0.15, 0.2) is 36.4 Å². The number of ether oxygens (including phenoxy) is 1. The van der Waals surface area contributed by atoms with E-state index >= 15 is 0 Å². The number of benzene rings is 2. The average Bonchev–Trinajstić information content (AvgIpc) is 3.51. The number of alkyl halides is 2. The van der Waals surface area contributed by atoms with Crippen molar-refractivity contribution in [2.75, 3.05) is 19.0 Å². The molecule has 28 heavy (non-hydrogen) atoms. The van der Waals surface area contributed by atoms with Gasteiger partial charge in [0.2, 0.25) is 0 Å². The molecule has 1 fully saturated rings. The van der Waals surface area contributed by atoms with Gasteiger partial charge in [0.25, 0.3) is 11.8 Å². The summed E-state index contributed by atoms with van der Waals surface area (Å²) in [6.45, 7) is -0.339. The lowest BCUT2D eigenvalue weighted by Crippen LogP contribution is -2.17.